The van der Waals surface area contributed by atoms with Gasteiger partial charge < -0.3 is 15.0 Å². The van der Waals surface area contributed by atoms with Gasteiger partial charge >= 0.3 is 0 Å². The molecule has 1 aromatic heterocycles. The van der Waals surface area contributed by atoms with Crippen molar-refractivity contribution in [3.05, 3.63) is 47.7 Å². The van der Waals surface area contributed by atoms with Crippen molar-refractivity contribution >= 4 is 29.3 Å². The van der Waals surface area contributed by atoms with E-state index in [1.165, 1.54) is 11.8 Å². The van der Waals surface area contributed by atoms with Gasteiger partial charge in [0, 0.05) is 43.0 Å². The first-order chi connectivity index (χ1) is 13.0. The maximum Gasteiger partial charge on any atom is 0.261 e. The number of anilines is 1. The van der Waals surface area contributed by atoms with Crippen molar-refractivity contribution in [3.63, 3.8) is 0 Å². The van der Waals surface area contributed by atoms with E-state index in [1.54, 1.807) is 36.4 Å². The average molecular weight is 385 g/mol. The topological polar surface area (TPSA) is 71.5 Å². The van der Waals surface area contributed by atoms with E-state index >= 15 is 0 Å². The molecule has 0 spiro atoms. The van der Waals surface area contributed by atoms with Gasteiger partial charge in [0.1, 0.15) is 5.03 Å². The predicted octanol–water partition coefficient (Wildman–Crippen LogP) is 3.37. The summed E-state index contributed by atoms with van der Waals surface area (Å²) >= 11 is 1.42. The number of amides is 2. The molecule has 0 aliphatic carbocycles. The van der Waals surface area contributed by atoms with Gasteiger partial charge in [-0.25, -0.2) is 4.98 Å². The third kappa shape index (κ3) is 4.14. The summed E-state index contributed by atoms with van der Waals surface area (Å²) in [6.07, 6.45) is 2.44. The average Bonchev–Trinajstić information content (AvgIpc) is 2.78. The van der Waals surface area contributed by atoms with E-state index < -0.39 is 0 Å². The van der Waals surface area contributed by atoms with Crippen molar-refractivity contribution in [2.45, 2.75) is 36.2 Å². The minimum absolute atomic E-state index is 0.0169. The molecule has 0 saturated carbocycles. The summed E-state index contributed by atoms with van der Waals surface area (Å²) in [6, 6.07) is 8.98. The second kappa shape index (κ2) is 8.54. The van der Waals surface area contributed by atoms with Gasteiger partial charge in [0.05, 0.1) is 11.3 Å². The Bertz CT molecular complexity index is 854. The number of benzene rings is 1. The fourth-order valence-electron chi connectivity index (χ4n) is 2.95. The van der Waals surface area contributed by atoms with Crippen LogP contribution in [0.5, 0.6) is 0 Å². The number of aromatic nitrogens is 1. The van der Waals surface area contributed by atoms with Gasteiger partial charge in [0.25, 0.3) is 11.8 Å². The maximum absolute atomic E-state index is 13.0. The summed E-state index contributed by atoms with van der Waals surface area (Å²) in [7, 11) is 1.64. The van der Waals surface area contributed by atoms with Crippen molar-refractivity contribution in [2.75, 3.05) is 25.2 Å². The largest absolute Gasteiger partial charge is 0.385 e. The van der Waals surface area contributed by atoms with Crippen LogP contribution in [0.15, 0.2) is 46.5 Å². The molecule has 0 fully saturated rings. The number of hydrogen-bond donors (Lipinski definition) is 1. The fraction of sp³-hybridized carbons (Fsp3) is 0.350. The molecular formula is C20H23N3O3S. The predicted molar refractivity (Wildman–Crippen MR) is 106 cm³/mol. The number of hydrogen-bond acceptors (Lipinski definition) is 5. The smallest absolute Gasteiger partial charge is 0.261 e. The molecule has 1 aliphatic rings. The molecule has 2 amide bonds. The quantitative estimate of drug-likeness (QED) is 0.772. The van der Waals surface area contributed by atoms with Gasteiger partial charge in [-0.15, -0.1) is 0 Å². The molecule has 1 N–H and O–H groups in total. The zero-order valence-electron chi connectivity index (χ0n) is 15.7. The highest BCUT2D eigenvalue weighted by Gasteiger charge is 2.30. The number of nitrogens with zero attached hydrogens (tertiary/aromatic N) is 2. The van der Waals surface area contributed by atoms with Crippen LogP contribution in [-0.2, 0) is 4.74 Å². The zero-order chi connectivity index (χ0) is 19.4. The summed E-state index contributed by atoms with van der Waals surface area (Å²) in [6.45, 7) is 5.11. The van der Waals surface area contributed by atoms with Crippen LogP contribution in [-0.4, -0.2) is 43.1 Å². The van der Waals surface area contributed by atoms with Crippen molar-refractivity contribution < 1.29 is 14.3 Å². The lowest BCUT2D eigenvalue weighted by molar-refractivity contribution is 0.0947. The second-order valence-electron chi connectivity index (χ2n) is 6.51. The Kier molecular flexibility index (Phi) is 6.13. The molecule has 6 nitrogen and oxygen atoms in total. The first kappa shape index (κ1) is 19.4. The lowest BCUT2D eigenvalue weighted by Gasteiger charge is -2.27. The summed E-state index contributed by atoms with van der Waals surface area (Å²) in [4.78, 5) is 32.5. The van der Waals surface area contributed by atoms with E-state index in [0.717, 1.165) is 17.0 Å². The number of carbonyl (C=O) groups is 2. The summed E-state index contributed by atoms with van der Waals surface area (Å²) in [5, 5.41) is 3.55. The first-order valence-electron chi connectivity index (χ1n) is 8.90. The van der Waals surface area contributed by atoms with Crippen LogP contribution in [0.2, 0.25) is 0 Å². The molecule has 3 rings (SSSR count). The zero-order valence-corrected chi connectivity index (χ0v) is 16.5. The Morgan fingerprint density at radius 2 is 2.15 bits per heavy atom. The molecule has 0 saturated heterocycles. The van der Waals surface area contributed by atoms with Gasteiger partial charge in [-0.1, -0.05) is 11.8 Å². The molecule has 142 valence electrons. The number of fused-ring (bicyclic) bond motifs is 2. The summed E-state index contributed by atoms with van der Waals surface area (Å²) in [5.41, 5.74) is 1.95. The SMILES string of the molecule is COCCCNC(=O)c1ccc2c(c1)Sc1ncccc1C(=O)N2C(C)C. The molecule has 2 aromatic rings. The van der Waals surface area contributed by atoms with Gasteiger partial charge in [-0.05, 0) is 50.6 Å². The van der Waals surface area contributed by atoms with E-state index in [9.17, 15) is 9.59 Å². The third-order valence-corrected chi connectivity index (χ3v) is 5.30. The minimum atomic E-state index is -0.137. The number of pyridine rings is 1. The number of nitrogens with one attached hydrogen (secondary N) is 1. The van der Waals surface area contributed by atoms with Crippen molar-refractivity contribution in [2.24, 2.45) is 0 Å². The number of methoxy groups -OCH3 is 1. The highest BCUT2D eigenvalue weighted by atomic mass is 32.2. The number of ether oxygens (including phenoxy) is 1. The Morgan fingerprint density at radius 3 is 2.89 bits per heavy atom. The van der Waals surface area contributed by atoms with Crippen LogP contribution in [0, 0.1) is 0 Å². The van der Waals surface area contributed by atoms with Crippen LogP contribution in [0.4, 0.5) is 5.69 Å². The Balaban J connectivity index is 1.94. The van der Waals surface area contributed by atoms with Crippen molar-refractivity contribution in [1.29, 1.82) is 0 Å². The van der Waals surface area contributed by atoms with Crippen LogP contribution in [0.3, 0.4) is 0 Å². The Morgan fingerprint density at radius 1 is 1.33 bits per heavy atom. The number of rotatable bonds is 6. The number of carbonyl (C=O) groups excluding carboxylic acids is 2. The minimum Gasteiger partial charge on any atom is -0.385 e. The molecule has 0 bridgehead atoms. The normalized spacial score (nSPS) is 13.2. The summed E-state index contributed by atoms with van der Waals surface area (Å²) < 4.78 is 5.00. The fourth-order valence-corrected chi connectivity index (χ4v) is 3.99. The standard InChI is InChI=1S/C20H23N3O3S/c1-13(2)23-16-8-7-14(18(24)21-10-5-11-26-3)12-17(16)27-19-15(20(23)25)6-4-9-22-19/h4,6-9,12-13H,5,10-11H2,1-3H3,(H,21,24). The Labute approximate surface area is 163 Å². The molecule has 0 unspecified atom stereocenters. The van der Waals surface area contributed by atoms with Crippen molar-refractivity contribution in [1.82, 2.24) is 10.3 Å². The van der Waals surface area contributed by atoms with E-state index in [4.69, 9.17) is 4.74 Å². The van der Waals surface area contributed by atoms with E-state index in [-0.39, 0.29) is 17.9 Å². The van der Waals surface area contributed by atoms with Gasteiger partial charge in [0.2, 0.25) is 0 Å². The lowest BCUT2D eigenvalue weighted by Crippen LogP contribution is -2.37. The highest BCUT2D eigenvalue weighted by Crippen LogP contribution is 2.41. The van der Waals surface area contributed by atoms with Gasteiger partial charge in [-0.2, -0.15) is 0 Å². The second-order valence-corrected chi connectivity index (χ2v) is 7.54. The maximum atomic E-state index is 13.0. The van der Waals surface area contributed by atoms with Gasteiger partial charge in [-0.3, -0.25) is 9.59 Å². The molecular weight excluding hydrogens is 362 g/mol. The molecule has 1 aromatic carbocycles. The van der Waals surface area contributed by atoms with Crippen LogP contribution in [0.25, 0.3) is 0 Å². The first-order valence-corrected chi connectivity index (χ1v) is 9.72. The van der Waals surface area contributed by atoms with Crippen LogP contribution >= 0.6 is 11.8 Å². The van der Waals surface area contributed by atoms with Crippen LogP contribution in [0.1, 0.15) is 41.0 Å². The van der Waals surface area contributed by atoms with E-state index in [1.807, 2.05) is 26.0 Å². The van der Waals surface area contributed by atoms with Crippen molar-refractivity contribution in [3.8, 4) is 0 Å². The molecule has 7 heteroatoms. The molecule has 0 atom stereocenters. The molecule has 2 heterocycles. The third-order valence-electron chi connectivity index (χ3n) is 4.24. The Hall–Kier alpha value is -2.38. The highest BCUT2D eigenvalue weighted by molar-refractivity contribution is 7.99. The van der Waals surface area contributed by atoms with Gasteiger partial charge in [0.15, 0.2) is 0 Å². The summed E-state index contributed by atoms with van der Waals surface area (Å²) in [5.74, 6) is -0.210. The van der Waals surface area contributed by atoms with E-state index in [0.29, 0.717) is 29.3 Å². The molecule has 1 aliphatic heterocycles. The molecule has 27 heavy (non-hydrogen) atoms. The molecule has 0 radical (unpaired) electrons. The monoisotopic (exact) mass is 385 g/mol. The lowest BCUT2D eigenvalue weighted by atomic mass is 10.1. The van der Waals surface area contributed by atoms with E-state index in [2.05, 4.69) is 10.3 Å². The van der Waals surface area contributed by atoms with Crippen LogP contribution < -0.4 is 10.2 Å².